The fraction of sp³-hybridized carbons (Fsp3) is 0.333. The number of hydrogen-bond donors (Lipinski definition) is 1. The molecule has 0 spiro atoms. The standard InChI is InChI=1S/C21H23N3O6/c1-14-21(26)23(10-3-11-29-2)13-16-12-17(6-9-19(16)30-14)22-20(25)15-4-7-18(8-5-15)24(27)28/h4-9,12,14H,3,10-11,13H2,1-2H3,(H,22,25). The first-order valence-electron chi connectivity index (χ1n) is 9.52. The molecule has 1 unspecified atom stereocenters. The summed E-state index contributed by atoms with van der Waals surface area (Å²) in [7, 11) is 1.62. The number of amides is 2. The Morgan fingerprint density at radius 2 is 2.03 bits per heavy atom. The third-order valence-electron chi connectivity index (χ3n) is 4.76. The van der Waals surface area contributed by atoms with Crippen molar-refractivity contribution >= 4 is 23.2 Å². The van der Waals surface area contributed by atoms with E-state index in [0.29, 0.717) is 43.1 Å². The third kappa shape index (κ3) is 4.93. The van der Waals surface area contributed by atoms with Crippen molar-refractivity contribution in [3.8, 4) is 5.75 Å². The minimum absolute atomic E-state index is 0.0823. The zero-order chi connectivity index (χ0) is 21.7. The number of nitrogens with zero attached hydrogens (tertiary/aromatic N) is 2. The molecule has 30 heavy (non-hydrogen) atoms. The number of hydrogen-bond acceptors (Lipinski definition) is 6. The summed E-state index contributed by atoms with van der Waals surface area (Å²) in [4.78, 5) is 37.0. The van der Waals surface area contributed by atoms with Gasteiger partial charge in [-0.25, -0.2) is 0 Å². The first-order chi connectivity index (χ1) is 14.4. The largest absolute Gasteiger partial charge is 0.481 e. The van der Waals surface area contributed by atoms with Crippen molar-refractivity contribution in [1.29, 1.82) is 0 Å². The molecule has 158 valence electrons. The normalized spacial score (nSPS) is 15.7. The van der Waals surface area contributed by atoms with E-state index in [2.05, 4.69) is 5.32 Å². The number of rotatable bonds is 7. The molecule has 0 bridgehead atoms. The van der Waals surface area contributed by atoms with Gasteiger partial charge in [-0.05, 0) is 43.7 Å². The van der Waals surface area contributed by atoms with E-state index in [1.54, 1.807) is 37.1 Å². The lowest BCUT2D eigenvalue weighted by Gasteiger charge is -2.22. The maximum atomic E-state index is 12.6. The summed E-state index contributed by atoms with van der Waals surface area (Å²) < 4.78 is 10.9. The van der Waals surface area contributed by atoms with E-state index in [0.717, 1.165) is 5.56 Å². The molecule has 1 atom stereocenters. The number of nitrogens with one attached hydrogen (secondary N) is 1. The van der Waals surface area contributed by atoms with E-state index >= 15 is 0 Å². The highest BCUT2D eigenvalue weighted by Crippen LogP contribution is 2.29. The molecular weight excluding hydrogens is 390 g/mol. The predicted molar refractivity (Wildman–Crippen MR) is 109 cm³/mol. The fourth-order valence-corrected chi connectivity index (χ4v) is 3.20. The van der Waals surface area contributed by atoms with Crippen molar-refractivity contribution in [3.05, 3.63) is 63.7 Å². The van der Waals surface area contributed by atoms with Crippen LogP contribution in [0.15, 0.2) is 42.5 Å². The summed E-state index contributed by atoms with van der Waals surface area (Å²) >= 11 is 0. The summed E-state index contributed by atoms with van der Waals surface area (Å²) in [5.41, 5.74) is 1.55. The highest BCUT2D eigenvalue weighted by atomic mass is 16.6. The van der Waals surface area contributed by atoms with Crippen molar-refractivity contribution < 1.29 is 24.0 Å². The van der Waals surface area contributed by atoms with Gasteiger partial charge in [-0.3, -0.25) is 19.7 Å². The van der Waals surface area contributed by atoms with Gasteiger partial charge in [0.2, 0.25) is 0 Å². The Hall–Kier alpha value is -3.46. The van der Waals surface area contributed by atoms with E-state index in [1.165, 1.54) is 24.3 Å². The van der Waals surface area contributed by atoms with Gasteiger partial charge in [-0.1, -0.05) is 0 Å². The van der Waals surface area contributed by atoms with Gasteiger partial charge in [-0.2, -0.15) is 0 Å². The Labute approximate surface area is 173 Å². The van der Waals surface area contributed by atoms with Crippen LogP contribution >= 0.6 is 0 Å². The Morgan fingerprint density at radius 1 is 1.30 bits per heavy atom. The van der Waals surface area contributed by atoms with Gasteiger partial charge in [0.15, 0.2) is 6.10 Å². The summed E-state index contributed by atoms with van der Waals surface area (Å²) in [6.45, 7) is 3.17. The second-order valence-corrected chi connectivity index (χ2v) is 6.95. The van der Waals surface area contributed by atoms with Crippen molar-refractivity contribution in [3.63, 3.8) is 0 Å². The van der Waals surface area contributed by atoms with Gasteiger partial charge in [0.1, 0.15) is 5.75 Å². The Balaban J connectivity index is 1.76. The number of nitro groups is 1. The summed E-state index contributed by atoms with van der Waals surface area (Å²) in [6.07, 6.45) is 0.107. The number of non-ortho nitro benzene ring substituents is 1. The van der Waals surface area contributed by atoms with Crippen molar-refractivity contribution in [2.24, 2.45) is 0 Å². The highest BCUT2D eigenvalue weighted by molar-refractivity contribution is 6.04. The van der Waals surface area contributed by atoms with E-state index in [4.69, 9.17) is 9.47 Å². The number of methoxy groups -OCH3 is 1. The Morgan fingerprint density at radius 3 is 2.70 bits per heavy atom. The molecule has 0 saturated carbocycles. The lowest BCUT2D eigenvalue weighted by Crippen LogP contribution is -2.38. The second-order valence-electron chi connectivity index (χ2n) is 6.95. The zero-order valence-electron chi connectivity index (χ0n) is 16.8. The maximum absolute atomic E-state index is 12.6. The van der Waals surface area contributed by atoms with Gasteiger partial charge in [0, 0.05) is 55.8 Å². The lowest BCUT2D eigenvalue weighted by molar-refractivity contribution is -0.384. The third-order valence-corrected chi connectivity index (χ3v) is 4.76. The van der Waals surface area contributed by atoms with Gasteiger partial charge in [0.25, 0.3) is 17.5 Å². The minimum Gasteiger partial charge on any atom is -0.481 e. The topological polar surface area (TPSA) is 111 Å². The molecule has 2 aromatic rings. The quantitative estimate of drug-likeness (QED) is 0.424. The lowest BCUT2D eigenvalue weighted by atomic mass is 10.1. The van der Waals surface area contributed by atoms with Crippen LogP contribution in [0, 0.1) is 10.1 Å². The SMILES string of the molecule is COCCCN1Cc2cc(NC(=O)c3ccc([N+](=O)[O-])cc3)ccc2OC(C)C1=O. The molecule has 1 aliphatic rings. The van der Waals surface area contributed by atoms with Crippen molar-refractivity contribution in [2.75, 3.05) is 25.6 Å². The molecule has 1 heterocycles. The number of nitro benzene ring substituents is 1. The molecule has 9 nitrogen and oxygen atoms in total. The van der Waals surface area contributed by atoms with Gasteiger partial charge in [0.05, 0.1) is 4.92 Å². The van der Waals surface area contributed by atoms with Crippen LogP contribution in [0.3, 0.4) is 0 Å². The van der Waals surface area contributed by atoms with Gasteiger partial charge >= 0.3 is 0 Å². The number of carbonyl (C=O) groups excluding carboxylic acids is 2. The smallest absolute Gasteiger partial charge is 0.269 e. The molecule has 0 radical (unpaired) electrons. The molecule has 2 amide bonds. The number of fused-ring (bicyclic) bond motifs is 1. The maximum Gasteiger partial charge on any atom is 0.269 e. The first-order valence-corrected chi connectivity index (χ1v) is 9.52. The number of carbonyl (C=O) groups is 2. The minimum atomic E-state index is -0.602. The number of ether oxygens (including phenoxy) is 2. The molecule has 9 heteroatoms. The van der Waals surface area contributed by atoms with Crippen LogP contribution in [0.1, 0.15) is 29.3 Å². The van der Waals surface area contributed by atoms with Crippen LogP contribution in [0.25, 0.3) is 0 Å². The second kappa shape index (κ2) is 9.36. The van der Waals surface area contributed by atoms with Crippen molar-refractivity contribution in [2.45, 2.75) is 26.0 Å². The molecule has 0 fully saturated rings. The first kappa shape index (κ1) is 21.3. The fourth-order valence-electron chi connectivity index (χ4n) is 3.20. The molecule has 2 aromatic carbocycles. The number of anilines is 1. The molecule has 1 aliphatic heterocycles. The average molecular weight is 413 g/mol. The summed E-state index contributed by atoms with van der Waals surface area (Å²) in [5, 5.41) is 13.5. The highest BCUT2D eigenvalue weighted by Gasteiger charge is 2.27. The summed E-state index contributed by atoms with van der Waals surface area (Å²) in [5.74, 6) is 0.109. The molecule has 0 saturated heterocycles. The predicted octanol–water partition coefficient (Wildman–Crippen LogP) is 2.99. The molecule has 0 aliphatic carbocycles. The van der Waals surface area contributed by atoms with Crippen LogP contribution in [0.4, 0.5) is 11.4 Å². The number of benzene rings is 2. The Kier molecular flexibility index (Phi) is 6.63. The van der Waals surface area contributed by atoms with Crippen molar-refractivity contribution in [1.82, 2.24) is 4.90 Å². The average Bonchev–Trinajstić information content (AvgIpc) is 2.85. The molecule has 1 N–H and O–H groups in total. The molecule has 0 aromatic heterocycles. The molecule has 3 rings (SSSR count). The Bertz CT molecular complexity index is 944. The van der Waals surface area contributed by atoms with Crippen LogP contribution in [0.2, 0.25) is 0 Å². The van der Waals surface area contributed by atoms with Gasteiger partial charge in [-0.15, -0.1) is 0 Å². The van der Waals surface area contributed by atoms with Crippen LogP contribution in [-0.2, 0) is 16.1 Å². The van der Waals surface area contributed by atoms with Crippen LogP contribution in [0.5, 0.6) is 5.75 Å². The zero-order valence-corrected chi connectivity index (χ0v) is 16.8. The molecular formula is C21H23N3O6. The van der Waals surface area contributed by atoms with E-state index in [1.807, 2.05) is 0 Å². The van der Waals surface area contributed by atoms with Gasteiger partial charge < -0.3 is 19.7 Å². The van der Waals surface area contributed by atoms with E-state index in [9.17, 15) is 19.7 Å². The summed E-state index contributed by atoms with van der Waals surface area (Å²) in [6, 6.07) is 10.6. The monoisotopic (exact) mass is 413 g/mol. The van der Waals surface area contributed by atoms with Crippen LogP contribution < -0.4 is 10.1 Å². The van der Waals surface area contributed by atoms with E-state index < -0.39 is 11.0 Å². The van der Waals surface area contributed by atoms with Crippen LogP contribution in [-0.4, -0.2) is 48.0 Å². The van der Waals surface area contributed by atoms with E-state index in [-0.39, 0.29) is 17.5 Å².